The van der Waals surface area contributed by atoms with Crippen LogP contribution in [0.2, 0.25) is 5.02 Å². The number of fused-ring (bicyclic) bond motifs is 2. The van der Waals surface area contributed by atoms with Crippen molar-refractivity contribution in [3.8, 4) is 18.1 Å². The second-order valence-corrected chi connectivity index (χ2v) is 10.2. The summed E-state index contributed by atoms with van der Waals surface area (Å²) in [7, 11) is 1.55. The maximum Gasteiger partial charge on any atom is 0.271 e. The Morgan fingerprint density at radius 1 is 1.31 bits per heavy atom. The standard InChI is InChI=1S/C26H29ClN4O4/c1-3-17(9-14-7-8-28-24(14)32)29-25(33)23-18-6-4-5-15(18)13-31(23)26(34)21-12-19-20(30-21)10-16(27)11-22(19)35-2/h1,10-12,14-15,17-18,23,30H,4-9,13H2,2H3,(H,28,32)(H,29,33). The number of hydrogen-bond donors (Lipinski definition) is 3. The molecule has 9 heteroatoms. The Morgan fingerprint density at radius 2 is 2.14 bits per heavy atom. The molecular formula is C26H29ClN4O4. The van der Waals surface area contributed by atoms with Gasteiger partial charge in [0.15, 0.2) is 0 Å². The first-order valence-electron chi connectivity index (χ1n) is 12.1. The molecule has 3 aliphatic rings. The molecule has 2 aromatic rings. The Morgan fingerprint density at radius 3 is 2.86 bits per heavy atom. The molecule has 2 saturated heterocycles. The number of nitrogens with zero attached hydrogens (tertiary/aromatic N) is 1. The number of benzene rings is 1. The first-order chi connectivity index (χ1) is 16.9. The van der Waals surface area contributed by atoms with Crippen molar-refractivity contribution >= 4 is 40.2 Å². The van der Waals surface area contributed by atoms with Gasteiger partial charge in [0.1, 0.15) is 17.5 Å². The molecule has 3 N–H and O–H groups in total. The molecule has 0 radical (unpaired) electrons. The molecule has 3 fully saturated rings. The number of aromatic amines is 1. The highest BCUT2D eigenvalue weighted by atomic mass is 35.5. The number of ether oxygens (including phenoxy) is 1. The number of likely N-dealkylation sites (tertiary alicyclic amines) is 1. The number of terminal acetylenes is 1. The van der Waals surface area contributed by atoms with Gasteiger partial charge in [0.25, 0.3) is 5.91 Å². The fraction of sp³-hybridized carbons (Fsp3) is 0.500. The van der Waals surface area contributed by atoms with Crippen molar-refractivity contribution in [2.24, 2.45) is 17.8 Å². The molecule has 1 saturated carbocycles. The summed E-state index contributed by atoms with van der Waals surface area (Å²) < 4.78 is 5.42. The minimum atomic E-state index is -0.597. The van der Waals surface area contributed by atoms with E-state index in [-0.39, 0.29) is 35.5 Å². The monoisotopic (exact) mass is 496 g/mol. The number of methoxy groups -OCH3 is 1. The molecule has 0 bridgehead atoms. The van der Waals surface area contributed by atoms with Gasteiger partial charge in [0, 0.05) is 29.4 Å². The Kier molecular flexibility index (Phi) is 6.37. The van der Waals surface area contributed by atoms with E-state index in [9.17, 15) is 14.4 Å². The van der Waals surface area contributed by atoms with Crippen LogP contribution in [0.1, 0.15) is 42.6 Å². The Bertz CT molecular complexity index is 1220. The van der Waals surface area contributed by atoms with Gasteiger partial charge in [-0.1, -0.05) is 23.9 Å². The molecule has 1 aromatic heterocycles. The van der Waals surface area contributed by atoms with Crippen molar-refractivity contribution in [1.82, 2.24) is 20.5 Å². The molecule has 2 aliphatic heterocycles. The van der Waals surface area contributed by atoms with Crippen LogP contribution in [-0.2, 0) is 9.59 Å². The average molecular weight is 497 g/mol. The van der Waals surface area contributed by atoms with Crippen LogP contribution < -0.4 is 15.4 Å². The number of rotatable bonds is 6. The Hall–Kier alpha value is -3.18. The molecule has 1 aromatic carbocycles. The van der Waals surface area contributed by atoms with Gasteiger partial charge in [0.05, 0.1) is 18.7 Å². The normalized spacial score (nSPS) is 26.3. The van der Waals surface area contributed by atoms with Crippen LogP contribution in [-0.4, -0.2) is 59.9 Å². The quantitative estimate of drug-likeness (QED) is 0.535. The van der Waals surface area contributed by atoms with Crippen molar-refractivity contribution < 1.29 is 19.1 Å². The van der Waals surface area contributed by atoms with Gasteiger partial charge in [-0.2, -0.15) is 0 Å². The van der Waals surface area contributed by atoms with Crippen molar-refractivity contribution in [2.45, 2.75) is 44.2 Å². The lowest BCUT2D eigenvalue weighted by Gasteiger charge is -2.28. The largest absolute Gasteiger partial charge is 0.496 e. The fourth-order valence-electron chi connectivity index (χ4n) is 6.04. The molecule has 1 aliphatic carbocycles. The minimum Gasteiger partial charge on any atom is -0.496 e. The number of amides is 3. The van der Waals surface area contributed by atoms with Crippen molar-refractivity contribution in [3.63, 3.8) is 0 Å². The van der Waals surface area contributed by atoms with Crippen molar-refractivity contribution in [3.05, 3.63) is 28.9 Å². The van der Waals surface area contributed by atoms with E-state index < -0.39 is 12.1 Å². The maximum atomic E-state index is 13.7. The van der Waals surface area contributed by atoms with Crippen molar-refractivity contribution in [2.75, 3.05) is 20.2 Å². The lowest BCUT2D eigenvalue weighted by atomic mass is 9.92. The number of H-pyrrole nitrogens is 1. The van der Waals surface area contributed by atoms with E-state index in [4.69, 9.17) is 22.8 Å². The lowest BCUT2D eigenvalue weighted by molar-refractivity contribution is -0.127. The van der Waals surface area contributed by atoms with Crippen LogP contribution in [0.3, 0.4) is 0 Å². The van der Waals surface area contributed by atoms with E-state index in [0.717, 1.165) is 24.6 Å². The summed E-state index contributed by atoms with van der Waals surface area (Å²) in [6.45, 7) is 1.16. The van der Waals surface area contributed by atoms with Crippen LogP contribution in [0.25, 0.3) is 10.9 Å². The number of carbonyl (C=O) groups excluding carboxylic acids is 3. The molecule has 5 atom stereocenters. The van der Waals surface area contributed by atoms with Crippen LogP contribution in [0.15, 0.2) is 18.2 Å². The summed E-state index contributed by atoms with van der Waals surface area (Å²) in [4.78, 5) is 44.0. The van der Waals surface area contributed by atoms with Gasteiger partial charge in [-0.05, 0) is 55.7 Å². The summed E-state index contributed by atoms with van der Waals surface area (Å²) in [6.07, 6.45) is 9.75. The summed E-state index contributed by atoms with van der Waals surface area (Å²) in [6, 6.07) is 4.04. The van der Waals surface area contributed by atoms with Crippen LogP contribution in [0, 0.1) is 30.1 Å². The minimum absolute atomic E-state index is 0.0256. The summed E-state index contributed by atoms with van der Waals surface area (Å²) in [5.74, 6) is 2.87. The zero-order valence-corrected chi connectivity index (χ0v) is 20.4. The lowest BCUT2D eigenvalue weighted by Crippen LogP contribution is -2.51. The van der Waals surface area contributed by atoms with E-state index in [1.54, 1.807) is 30.2 Å². The van der Waals surface area contributed by atoms with Gasteiger partial charge in [0.2, 0.25) is 11.8 Å². The zero-order valence-electron chi connectivity index (χ0n) is 19.6. The van der Waals surface area contributed by atoms with Crippen LogP contribution in [0.5, 0.6) is 5.75 Å². The van der Waals surface area contributed by atoms with Gasteiger partial charge < -0.3 is 25.3 Å². The molecule has 3 heterocycles. The Balaban J connectivity index is 1.38. The highest BCUT2D eigenvalue weighted by Crippen LogP contribution is 2.43. The highest BCUT2D eigenvalue weighted by Gasteiger charge is 2.50. The van der Waals surface area contributed by atoms with E-state index in [2.05, 4.69) is 21.5 Å². The molecular weight excluding hydrogens is 468 g/mol. The fourth-order valence-corrected chi connectivity index (χ4v) is 6.25. The molecule has 5 rings (SSSR count). The predicted molar refractivity (Wildman–Crippen MR) is 132 cm³/mol. The number of aromatic nitrogens is 1. The van der Waals surface area contributed by atoms with Crippen LogP contribution >= 0.6 is 11.6 Å². The van der Waals surface area contributed by atoms with E-state index >= 15 is 0 Å². The van der Waals surface area contributed by atoms with E-state index in [1.807, 2.05) is 0 Å². The molecule has 0 spiro atoms. The summed E-state index contributed by atoms with van der Waals surface area (Å²) >= 11 is 6.19. The van der Waals surface area contributed by atoms with Gasteiger partial charge in [-0.3, -0.25) is 14.4 Å². The van der Waals surface area contributed by atoms with Gasteiger partial charge in [-0.25, -0.2) is 0 Å². The van der Waals surface area contributed by atoms with Gasteiger partial charge >= 0.3 is 0 Å². The summed E-state index contributed by atoms with van der Waals surface area (Å²) in [5, 5.41) is 7.02. The molecule has 3 amide bonds. The third kappa shape index (κ3) is 4.34. The smallest absolute Gasteiger partial charge is 0.271 e. The number of halogens is 1. The predicted octanol–water partition coefficient (Wildman–Crippen LogP) is 2.71. The number of nitrogens with one attached hydrogen (secondary N) is 3. The Labute approximate surface area is 209 Å². The number of hydrogen-bond acceptors (Lipinski definition) is 4. The highest BCUT2D eigenvalue weighted by molar-refractivity contribution is 6.31. The average Bonchev–Trinajstić information content (AvgIpc) is 3.61. The second-order valence-electron chi connectivity index (χ2n) is 9.75. The van der Waals surface area contributed by atoms with Gasteiger partial charge in [-0.15, -0.1) is 6.42 Å². The first kappa shape index (κ1) is 23.6. The van der Waals surface area contributed by atoms with E-state index in [1.165, 1.54) is 0 Å². The summed E-state index contributed by atoms with van der Waals surface area (Å²) in [5.41, 5.74) is 1.08. The maximum absolute atomic E-state index is 13.7. The third-order valence-electron chi connectivity index (χ3n) is 7.74. The topological polar surface area (TPSA) is 104 Å². The van der Waals surface area contributed by atoms with Crippen LogP contribution in [0.4, 0.5) is 0 Å². The SMILES string of the molecule is C#CC(CC1CCNC1=O)NC(=O)C1C2CCCC2CN1C(=O)c1cc2c(OC)cc(Cl)cc2[nH]1. The molecule has 184 valence electrons. The van der Waals surface area contributed by atoms with E-state index in [0.29, 0.717) is 47.9 Å². The third-order valence-corrected chi connectivity index (χ3v) is 7.95. The zero-order chi connectivity index (χ0) is 24.7. The molecule has 8 nitrogen and oxygen atoms in total. The first-order valence-corrected chi connectivity index (χ1v) is 12.5. The second kappa shape index (κ2) is 9.46. The molecule has 5 unspecified atom stereocenters. The number of carbonyl (C=O) groups is 3. The molecule has 35 heavy (non-hydrogen) atoms. The van der Waals surface area contributed by atoms with Crippen molar-refractivity contribution in [1.29, 1.82) is 0 Å².